The van der Waals surface area contributed by atoms with Gasteiger partial charge in [0.15, 0.2) is 0 Å². The molecule has 1 aliphatic rings. The largest absolute Gasteiger partial charge is 0.497 e. The molecule has 0 radical (unpaired) electrons. The average molecular weight is 486 g/mol. The van der Waals surface area contributed by atoms with Crippen molar-refractivity contribution in [3.8, 4) is 5.75 Å². The minimum absolute atomic E-state index is 0.0394. The van der Waals surface area contributed by atoms with Crippen LogP contribution in [0.5, 0.6) is 5.75 Å². The van der Waals surface area contributed by atoms with Gasteiger partial charge in [0, 0.05) is 30.5 Å². The van der Waals surface area contributed by atoms with Crippen LogP contribution in [0.3, 0.4) is 0 Å². The van der Waals surface area contributed by atoms with Gasteiger partial charge in [-0.3, -0.25) is 19.7 Å². The fraction of sp³-hybridized carbons (Fsp3) is 0.440. The number of nitro groups is 1. The first-order chi connectivity index (χ1) is 16.4. The zero-order valence-corrected chi connectivity index (χ0v) is 20.4. The lowest BCUT2D eigenvalue weighted by Crippen LogP contribution is -2.50. The number of methoxy groups -OCH3 is 1. The molecule has 2 aromatic rings. The first-order valence-electron chi connectivity index (χ1n) is 11.4. The van der Waals surface area contributed by atoms with Crippen LogP contribution >= 0.6 is 11.8 Å². The van der Waals surface area contributed by atoms with Gasteiger partial charge >= 0.3 is 0 Å². The number of carbonyl (C=O) groups is 2. The highest BCUT2D eigenvalue weighted by Gasteiger charge is 2.28. The van der Waals surface area contributed by atoms with Gasteiger partial charge in [-0.15, -0.1) is 11.8 Å². The number of rotatable bonds is 11. The van der Waals surface area contributed by atoms with Crippen molar-refractivity contribution >= 4 is 29.3 Å². The number of nitro benzene ring substituents is 1. The van der Waals surface area contributed by atoms with Crippen molar-refractivity contribution in [2.45, 2.75) is 57.0 Å². The van der Waals surface area contributed by atoms with E-state index in [1.165, 1.54) is 23.9 Å². The van der Waals surface area contributed by atoms with Crippen molar-refractivity contribution in [1.29, 1.82) is 0 Å². The highest BCUT2D eigenvalue weighted by Crippen LogP contribution is 2.21. The van der Waals surface area contributed by atoms with E-state index in [0.717, 1.165) is 42.6 Å². The summed E-state index contributed by atoms with van der Waals surface area (Å²) >= 11 is 1.42. The maximum Gasteiger partial charge on any atom is 0.269 e. The van der Waals surface area contributed by atoms with E-state index in [-0.39, 0.29) is 29.3 Å². The second kappa shape index (κ2) is 12.4. The second-order valence-electron chi connectivity index (χ2n) is 8.45. The first-order valence-corrected chi connectivity index (χ1v) is 12.6. The molecule has 1 atom stereocenters. The van der Waals surface area contributed by atoms with Gasteiger partial charge in [-0.1, -0.05) is 37.1 Å². The molecule has 0 aromatic heterocycles. The standard InChI is InChI=1S/C25H31N3O5S/c1-18(25(30)26-21-5-3-4-6-21)27(15-19-9-13-23(33-2)14-10-19)24(29)17-34-16-20-7-11-22(12-8-20)28(31)32/h7-14,18,21H,3-6,15-17H2,1-2H3,(H,26,30). The molecule has 0 heterocycles. The Morgan fingerprint density at radius 3 is 2.32 bits per heavy atom. The van der Waals surface area contributed by atoms with E-state index < -0.39 is 11.0 Å². The van der Waals surface area contributed by atoms with Crippen molar-refractivity contribution in [1.82, 2.24) is 10.2 Å². The number of carbonyl (C=O) groups excluding carboxylic acids is 2. The molecule has 0 bridgehead atoms. The quantitative estimate of drug-likeness (QED) is 0.376. The SMILES string of the molecule is COc1ccc(CN(C(=O)CSCc2ccc([N+](=O)[O-])cc2)C(C)C(=O)NC2CCCC2)cc1. The van der Waals surface area contributed by atoms with Crippen molar-refractivity contribution in [3.05, 3.63) is 69.8 Å². The molecule has 0 aliphatic heterocycles. The molecule has 182 valence electrons. The molecule has 0 saturated heterocycles. The summed E-state index contributed by atoms with van der Waals surface area (Å²) < 4.78 is 5.21. The molecule has 8 nitrogen and oxygen atoms in total. The summed E-state index contributed by atoms with van der Waals surface area (Å²) in [6.07, 6.45) is 4.20. The van der Waals surface area contributed by atoms with E-state index in [1.807, 2.05) is 24.3 Å². The van der Waals surface area contributed by atoms with Gasteiger partial charge in [-0.25, -0.2) is 0 Å². The van der Waals surface area contributed by atoms with E-state index in [9.17, 15) is 19.7 Å². The Bertz CT molecular complexity index is 975. The third kappa shape index (κ3) is 7.21. The molecule has 2 amide bonds. The Morgan fingerprint density at radius 1 is 1.12 bits per heavy atom. The molecule has 1 aliphatic carbocycles. The molecular weight excluding hydrogens is 454 g/mol. The van der Waals surface area contributed by atoms with Crippen LogP contribution < -0.4 is 10.1 Å². The fourth-order valence-corrected chi connectivity index (χ4v) is 4.83. The number of benzene rings is 2. The summed E-state index contributed by atoms with van der Waals surface area (Å²) in [5.74, 6) is 1.22. The number of hydrogen-bond acceptors (Lipinski definition) is 6. The van der Waals surface area contributed by atoms with Crippen LogP contribution in [0.4, 0.5) is 5.69 Å². The van der Waals surface area contributed by atoms with Gasteiger partial charge < -0.3 is 15.0 Å². The van der Waals surface area contributed by atoms with Crippen LogP contribution in [0.15, 0.2) is 48.5 Å². The lowest BCUT2D eigenvalue weighted by atomic mass is 10.1. The zero-order chi connectivity index (χ0) is 24.5. The normalized spacial score (nSPS) is 14.4. The number of hydrogen-bond donors (Lipinski definition) is 1. The van der Waals surface area contributed by atoms with Crippen LogP contribution in [-0.2, 0) is 21.9 Å². The Balaban J connectivity index is 1.64. The van der Waals surface area contributed by atoms with E-state index in [0.29, 0.717) is 12.3 Å². The number of nitrogens with zero attached hydrogens (tertiary/aromatic N) is 2. The molecule has 1 saturated carbocycles. The molecule has 1 unspecified atom stereocenters. The van der Waals surface area contributed by atoms with E-state index in [1.54, 1.807) is 31.1 Å². The lowest BCUT2D eigenvalue weighted by molar-refractivity contribution is -0.384. The smallest absolute Gasteiger partial charge is 0.269 e. The molecule has 1 fully saturated rings. The molecule has 0 spiro atoms. The molecular formula is C25H31N3O5S. The van der Waals surface area contributed by atoms with Crippen molar-refractivity contribution in [2.24, 2.45) is 0 Å². The van der Waals surface area contributed by atoms with Gasteiger partial charge in [0.25, 0.3) is 5.69 Å². The Hall–Kier alpha value is -3.07. The first kappa shape index (κ1) is 25.6. The Kier molecular flexibility index (Phi) is 9.33. The van der Waals surface area contributed by atoms with Crippen LogP contribution in [0.2, 0.25) is 0 Å². The van der Waals surface area contributed by atoms with Gasteiger partial charge in [-0.2, -0.15) is 0 Å². The van der Waals surface area contributed by atoms with Crippen LogP contribution in [0.25, 0.3) is 0 Å². The molecule has 3 rings (SSSR count). The Labute approximate surface area is 204 Å². The van der Waals surface area contributed by atoms with Crippen molar-refractivity contribution in [3.63, 3.8) is 0 Å². The number of thioether (sulfide) groups is 1. The molecule has 34 heavy (non-hydrogen) atoms. The number of amides is 2. The van der Waals surface area contributed by atoms with E-state index >= 15 is 0 Å². The highest BCUT2D eigenvalue weighted by atomic mass is 32.2. The number of ether oxygens (including phenoxy) is 1. The summed E-state index contributed by atoms with van der Waals surface area (Å²) in [6, 6.07) is 13.4. The highest BCUT2D eigenvalue weighted by molar-refractivity contribution is 7.99. The summed E-state index contributed by atoms with van der Waals surface area (Å²) in [4.78, 5) is 38.1. The summed E-state index contributed by atoms with van der Waals surface area (Å²) in [5.41, 5.74) is 1.85. The minimum Gasteiger partial charge on any atom is -0.497 e. The van der Waals surface area contributed by atoms with Crippen molar-refractivity contribution < 1.29 is 19.2 Å². The average Bonchev–Trinajstić information content (AvgIpc) is 3.35. The maximum absolute atomic E-state index is 13.2. The topological polar surface area (TPSA) is 102 Å². The molecule has 1 N–H and O–H groups in total. The third-order valence-electron chi connectivity index (χ3n) is 6.02. The van der Waals surface area contributed by atoms with Gasteiger partial charge in [0.2, 0.25) is 11.8 Å². The minimum atomic E-state index is -0.602. The Morgan fingerprint density at radius 2 is 1.74 bits per heavy atom. The molecule has 9 heteroatoms. The van der Waals surface area contributed by atoms with Crippen LogP contribution in [0, 0.1) is 10.1 Å². The summed E-state index contributed by atoms with van der Waals surface area (Å²) in [5, 5.41) is 13.9. The zero-order valence-electron chi connectivity index (χ0n) is 19.6. The van der Waals surface area contributed by atoms with E-state index in [2.05, 4.69) is 5.32 Å². The van der Waals surface area contributed by atoms with Gasteiger partial charge in [0.05, 0.1) is 17.8 Å². The van der Waals surface area contributed by atoms with Crippen LogP contribution in [-0.4, -0.2) is 46.6 Å². The maximum atomic E-state index is 13.2. The summed E-state index contributed by atoms with van der Waals surface area (Å²) in [6.45, 7) is 2.09. The predicted octanol–water partition coefficient (Wildman–Crippen LogP) is 4.31. The predicted molar refractivity (Wildman–Crippen MR) is 133 cm³/mol. The lowest BCUT2D eigenvalue weighted by Gasteiger charge is -2.29. The monoisotopic (exact) mass is 485 g/mol. The molecule has 2 aromatic carbocycles. The van der Waals surface area contributed by atoms with Crippen molar-refractivity contribution in [2.75, 3.05) is 12.9 Å². The van der Waals surface area contributed by atoms with Crippen LogP contribution in [0.1, 0.15) is 43.7 Å². The summed E-state index contributed by atoms with van der Waals surface area (Å²) in [7, 11) is 1.60. The number of non-ortho nitro benzene ring substituents is 1. The van der Waals surface area contributed by atoms with Gasteiger partial charge in [0.1, 0.15) is 11.8 Å². The fourth-order valence-electron chi connectivity index (χ4n) is 3.96. The van der Waals surface area contributed by atoms with E-state index in [4.69, 9.17) is 4.74 Å². The second-order valence-corrected chi connectivity index (χ2v) is 9.44. The van der Waals surface area contributed by atoms with Gasteiger partial charge in [-0.05, 0) is 43.0 Å². The number of nitrogens with one attached hydrogen (secondary N) is 1. The third-order valence-corrected chi connectivity index (χ3v) is 7.01.